The van der Waals surface area contributed by atoms with E-state index >= 15 is 0 Å². The molecule has 0 atom stereocenters. The fourth-order valence-electron chi connectivity index (χ4n) is 3.38. The molecule has 3 aromatic rings. The van der Waals surface area contributed by atoms with Crippen molar-refractivity contribution in [1.82, 2.24) is 24.2 Å². The summed E-state index contributed by atoms with van der Waals surface area (Å²) in [5.74, 6) is 0.599. The van der Waals surface area contributed by atoms with Crippen molar-refractivity contribution in [3.63, 3.8) is 0 Å². The molecule has 4 heterocycles. The van der Waals surface area contributed by atoms with Gasteiger partial charge in [0.1, 0.15) is 20.7 Å². The van der Waals surface area contributed by atoms with E-state index in [1.165, 1.54) is 34.0 Å². The van der Waals surface area contributed by atoms with Crippen LogP contribution in [0.15, 0.2) is 28.0 Å². The zero-order chi connectivity index (χ0) is 20.8. The lowest BCUT2D eigenvalue weighted by Gasteiger charge is -2.33. The lowest BCUT2D eigenvalue weighted by atomic mass is 10.2. The van der Waals surface area contributed by atoms with Gasteiger partial charge in [-0.2, -0.15) is 4.31 Å². The highest BCUT2D eigenvalue weighted by Gasteiger charge is 2.29. The second-order valence-corrected chi connectivity index (χ2v) is 10.5. The third-order valence-corrected chi connectivity index (χ3v) is 8.34. The Balaban J connectivity index is 1.46. The Hall–Kier alpha value is -1.85. The molecular weight excluding hydrogens is 434 g/mol. The first-order chi connectivity index (χ1) is 13.8. The van der Waals surface area contributed by atoms with E-state index in [1.807, 2.05) is 13.8 Å². The molecule has 0 radical (unpaired) electrons. The number of hydrogen-bond acceptors (Lipinski definition) is 7. The Morgan fingerprint density at radius 1 is 1.21 bits per heavy atom. The van der Waals surface area contributed by atoms with Gasteiger partial charge in [-0.25, -0.2) is 18.4 Å². The van der Waals surface area contributed by atoms with Gasteiger partial charge < -0.3 is 4.98 Å². The highest BCUT2D eigenvalue weighted by Crippen LogP contribution is 2.26. The van der Waals surface area contributed by atoms with Crippen molar-refractivity contribution in [2.45, 2.75) is 25.3 Å². The summed E-state index contributed by atoms with van der Waals surface area (Å²) < 4.78 is 27.0. The molecule has 1 aliphatic rings. The van der Waals surface area contributed by atoms with Crippen LogP contribution in [0.5, 0.6) is 0 Å². The number of nitrogens with one attached hydrogen (secondary N) is 1. The van der Waals surface area contributed by atoms with Crippen molar-refractivity contribution >= 4 is 43.2 Å². The SMILES string of the molecule is Cc1sc2nc(CN3CCN(S(=O)(=O)c4ccc(Cl)nc4)CC3)[nH]c(=O)c2c1C. The van der Waals surface area contributed by atoms with E-state index in [4.69, 9.17) is 11.6 Å². The van der Waals surface area contributed by atoms with Gasteiger partial charge in [-0.15, -0.1) is 11.3 Å². The Morgan fingerprint density at radius 3 is 2.59 bits per heavy atom. The van der Waals surface area contributed by atoms with Crippen molar-refractivity contribution in [3.05, 3.63) is 50.1 Å². The first-order valence-corrected chi connectivity index (χ1v) is 11.7. The average Bonchev–Trinajstić information content (AvgIpc) is 2.96. The maximum Gasteiger partial charge on any atom is 0.259 e. The predicted octanol–water partition coefficient (Wildman–Crippen LogP) is 2.16. The van der Waals surface area contributed by atoms with Gasteiger partial charge in [-0.05, 0) is 31.5 Å². The normalized spacial score (nSPS) is 16.5. The zero-order valence-corrected chi connectivity index (χ0v) is 18.4. The summed E-state index contributed by atoms with van der Waals surface area (Å²) in [4.78, 5) is 27.8. The molecule has 1 fully saturated rings. The van der Waals surface area contributed by atoms with Crippen LogP contribution in [0.2, 0.25) is 5.15 Å². The van der Waals surface area contributed by atoms with Crippen LogP contribution < -0.4 is 5.56 Å². The van der Waals surface area contributed by atoms with Gasteiger partial charge in [0.2, 0.25) is 10.0 Å². The summed E-state index contributed by atoms with van der Waals surface area (Å²) in [5, 5.41) is 0.909. The third kappa shape index (κ3) is 3.95. The second-order valence-electron chi connectivity index (χ2n) is 6.97. The first kappa shape index (κ1) is 20.4. The van der Waals surface area contributed by atoms with E-state index in [0.29, 0.717) is 43.9 Å². The predicted molar refractivity (Wildman–Crippen MR) is 113 cm³/mol. The lowest BCUT2D eigenvalue weighted by Crippen LogP contribution is -2.48. The number of fused-ring (bicyclic) bond motifs is 1. The number of thiophene rings is 1. The molecule has 8 nitrogen and oxygen atoms in total. The van der Waals surface area contributed by atoms with Crippen LogP contribution >= 0.6 is 22.9 Å². The fraction of sp³-hybridized carbons (Fsp3) is 0.389. The van der Waals surface area contributed by atoms with Crippen molar-refractivity contribution in [2.75, 3.05) is 26.2 Å². The number of nitrogens with zero attached hydrogens (tertiary/aromatic N) is 4. The molecule has 1 aliphatic heterocycles. The number of hydrogen-bond donors (Lipinski definition) is 1. The van der Waals surface area contributed by atoms with Crippen LogP contribution in [-0.2, 0) is 16.6 Å². The molecule has 3 aromatic heterocycles. The molecule has 0 unspecified atom stereocenters. The van der Waals surface area contributed by atoms with Crippen LogP contribution in [0.3, 0.4) is 0 Å². The van der Waals surface area contributed by atoms with E-state index < -0.39 is 10.0 Å². The van der Waals surface area contributed by atoms with Gasteiger partial charge in [0.15, 0.2) is 0 Å². The summed E-state index contributed by atoms with van der Waals surface area (Å²) in [6.07, 6.45) is 1.28. The monoisotopic (exact) mass is 453 g/mol. The van der Waals surface area contributed by atoms with E-state index in [2.05, 4.69) is 19.9 Å². The fourth-order valence-corrected chi connectivity index (χ4v) is 5.91. The minimum atomic E-state index is -3.60. The number of H-pyrrole nitrogens is 1. The van der Waals surface area contributed by atoms with Gasteiger partial charge in [0.25, 0.3) is 5.56 Å². The number of aryl methyl sites for hydroxylation is 2. The third-order valence-electron chi connectivity index (χ3n) is 5.13. The van der Waals surface area contributed by atoms with E-state index in [9.17, 15) is 13.2 Å². The van der Waals surface area contributed by atoms with Gasteiger partial charge in [0, 0.05) is 37.3 Å². The minimum absolute atomic E-state index is 0.122. The van der Waals surface area contributed by atoms with E-state index in [-0.39, 0.29) is 15.6 Å². The standard InChI is InChI=1S/C18H20ClN5O3S2/c1-11-12(2)28-18-16(11)17(25)21-15(22-18)10-23-5-7-24(8-6-23)29(26,27)13-3-4-14(19)20-9-13/h3-4,9H,5-8,10H2,1-2H3,(H,21,22,25). The highest BCUT2D eigenvalue weighted by molar-refractivity contribution is 7.89. The molecule has 0 spiro atoms. The van der Waals surface area contributed by atoms with Crippen LogP contribution in [0.4, 0.5) is 0 Å². The molecular formula is C18H20ClN5O3S2. The molecule has 0 amide bonds. The molecule has 0 saturated carbocycles. The molecule has 1 N–H and O–H groups in total. The molecule has 0 aliphatic carbocycles. The first-order valence-electron chi connectivity index (χ1n) is 9.08. The number of halogens is 1. The number of pyridine rings is 1. The van der Waals surface area contributed by atoms with E-state index in [0.717, 1.165) is 15.3 Å². The summed E-state index contributed by atoms with van der Waals surface area (Å²) >= 11 is 7.26. The molecule has 154 valence electrons. The molecule has 11 heteroatoms. The Labute approximate surface area is 177 Å². The Kier molecular flexibility index (Phi) is 5.47. The van der Waals surface area contributed by atoms with Crippen LogP contribution in [0.1, 0.15) is 16.3 Å². The van der Waals surface area contributed by atoms with Gasteiger partial charge in [0.05, 0.1) is 11.9 Å². The van der Waals surface area contributed by atoms with Crippen molar-refractivity contribution < 1.29 is 8.42 Å². The topological polar surface area (TPSA) is 99.3 Å². The van der Waals surface area contributed by atoms with Crippen LogP contribution in [0, 0.1) is 13.8 Å². The largest absolute Gasteiger partial charge is 0.309 e. The Bertz CT molecular complexity index is 1210. The number of sulfonamides is 1. The molecule has 0 aromatic carbocycles. The second kappa shape index (κ2) is 7.77. The summed E-state index contributed by atoms with van der Waals surface area (Å²) in [6.45, 7) is 6.19. The maximum absolute atomic E-state index is 12.8. The average molecular weight is 454 g/mol. The van der Waals surface area contributed by atoms with Gasteiger partial charge >= 0.3 is 0 Å². The van der Waals surface area contributed by atoms with Crippen molar-refractivity contribution in [2.24, 2.45) is 0 Å². The minimum Gasteiger partial charge on any atom is -0.309 e. The Morgan fingerprint density at radius 2 is 1.93 bits per heavy atom. The van der Waals surface area contributed by atoms with Crippen LogP contribution in [-0.4, -0.2) is 58.8 Å². The molecule has 29 heavy (non-hydrogen) atoms. The van der Waals surface area contributed by atoms with E-state index in [1.54, 1.807) is 0 Å². The lowest BCUT2D eigenvalue weighted by molar-refractivity contribution is 0.178. The molecule has 1 saturated heterocycles. The summed E-state index contributed by atoms with van der Waals surface area (Å²) in [6, 6.07) is 2.93. The number of aromatic amines is 1. The smallest absolute Gasteiger partial charge is 0.259 e. The quantitative estimate of drug-likeness (QED) is 0.608. The van der Waals surface area contributed by atoms with Crippen LogP contribution in [0.25, 0.3) is 10.2 Å². The van der Waals surface area contributed by atoms with Gasteiger partial charge in [-0.1, -0.05) is 11.6 Å². The number of rotatable bonds is 4. The highest BCUT2D eigenvalue weighted by atomic mass is 35.5. The molecule has 0 bridgehead atoms. The molecule has 4 rings (SSSR count). The number of aromatic nitrogens is 3. The van der Waals surface area contributed by atoms with Crippen molar-refractivity contribution in [1.29, 1.82) is 0 Å². The summed E-state index contributed by atoms with van der Waals surface area (Å²) in [7, 11) is -3.60. The number of piperazine rings is 1. The van der Waals surface area contributed by atoms with Gasteiger partial charge in [-0.3, -0.25) is 9.69 Å². The van der Waals surface area contributed by atoms with Crippen molar-refractivity contribution in [3.8, 4) is 0 Å². The maximum atomic E-state index is 12.8. The zero-order valence-electron chi connectivity index (χ0n) is 16.0. The summed E-state index contributed by atoms with van der Waals surface area (Å²) in [5.41, 5.74) is 0.851.